The minimum Gasteiger partial charge on any atom is -0.379 e. The van der Waals surface area contributed by atoms with Gasteiger partial charge in [0.2, 0.25) is 0 Å². The van der Waals surface area contributed by atoms with E-state index in [2.05, 4.69) is 27.1 Å². The summed E-state index contributed by atoms with van der Waals surface area (Å²) in [6, 6.07) is 1.87. The molecule has 1 aliphatic rings. The number of hydrogen-bond acceptors (Lipinski definition) is 5. The normalized spacial score (nSPS) is 16.7. The van der Waals surface area contributed by atoms with Crippen molar-refractivity contribution in [1.29, 1.82) is 0 Å². The van der Waals surface area contributed by atoms with Crippen LogP contribution in [0.1, 0.15) is 12.7 Å². The number of aryl methyl sites for hydroxylation is 1. The average Bonchev–Trinajstić information content (AvgIpc) is 2.39. The van der Waals surface area contributed by atoms with Gasteiger partial charge in [0, 0.05) is 38.7 Å². The van der Waals surface area contributed by atoms with Crippen molar-refractivity contribution in [2.45, 2.75) is 13.3 Å². The Labute approximate surface area is 113 Å². The summed E-state index contributed by atoms with van der Waals surface area (Å²) in [7, 11) is 0. The van der Waals surface area contributed by atoms with Crippen LogP contribution in [0, 0.1) is 4.64 Å². The molecule has 1 aromatic heterocycles. The third kappa shape index (κ3) is 4.04. The number of hydrogen-bond donors (Lipinski definition) is 2. The van der Waals surface area contributed by atoms with Gasteiger partial charge in [-0.15, -0.1) is 0 Å². The second kappa shape index (κ2) is 6.82. The Morgan fingerprint density at radius 2 is 2.28 bits per heavy atom. The maximum absolute atomic E-state index is 5.32. The molecule has 0 bridgehead atoms. The topological polar surface area (TPSA) is 53.2 Å². The Balaban J connectivity index is 1.82. The van der Waals surface area contributed by atoms with Crippen molar-refractivity contribution < 1.29 is 4.74 Å². The van der Waals surface area contributed by atoms with Crippen LogP contribution in [0.3, 0.4) is 0 Å². The second-order valence-electron chi connectivity index (χ2n) is 4.31. The lowest BCUT2D eigenvalue weighted by Crippen LogP contribution is -2.39. The minimum atomic E-state index is 0.638. The highest BCUT2D eigenvalue weighted by Crippen LogP contribution is 2.04. The van der Waals surface area contributed by atoms with E-state index in [1.165, 1.54) is 0 Å². The van der Waals surface area contributed by atoms with Crippen molar-refractivity contribution in [1.82, 2.24) is 14.9 Å². The molecule has 1 aliphatic heterocycles. The molecule has 1 saturated heterocycles. The first kappa shape index (κ1) is 13.5. The minimum absolute atomic E-state index is 0.638. The molecule has 2 rings (SSSR count). The van der Waals surface area contributed by atoms with Crippen molar-refractivity contribution in [3.05, 3.63) is 16.5 Å². The highest BCUT2D eigenvalue weighted by Gasteiger charge is 2.09. The van der Waals surface area contributed by atoms with Crippen LogP contribution < -0.4 is 5.32 Å². The van der Waals surface area contributed by atoms with E-state index < -0.39 is 0 Å². The molecule has 6 heteroatoms. The fourth-order valence-electron chi connectivity index (χ4n) is 1.94. The zero-order valence-corrected chi connectivity index (χ0v) is 11.6. The number of aromatic nitrogens is 2. The summed E-state index contributed by atoms with van der Waals surface area (Å²) >= 11 is 5.13. The lowest BCUT2D eigenvalue weighted by Gasteiger charge is -2.26. The third-order valence-electron chi connectivity index (χ3n) is 2.97. The highest BCUT2D eigenvalue weighted by atomic mass is 32.1. The first-order valence-electron chi connectivity index (χ1n) is 6.42. The zero-order chi connectivity index (χ0) is 12.8. The summed E-state index contributed by atoms with van der Waals surface area (Å²) < 4.78 is 5.96. The molecule has 0 radical (unpaired) electrons. The second-order valence-corrected chi connectivity index (χ2v) is 4.73. The molecule has 1 fully saturated rings. The number of ether oxygens (including phenoxy) is 1. The quantitative estimate of drug-likeness (QED) is 0.792. The standard InChI is InChI=1S/C12H20N4OS/c1-2-10-14-11(9-12(18)15-10)13-3-4-16-5-7-17-8-6-16/h9H,2-8H2,1H3,(H2,13,14,15,18). The number of nitrogens with zero attached hydrogens (tertiary/aromatic N) is 2. The highest BCUT2D eigenvalue weighted by molar-refractivity contribution is 7.71. The van der Waals surface area contributed by atoms with Crippen molar-refractivity contribution >= 4 is 18.0 Å². The van der Waals surface area contributed by atoms with Gasteiger partial charge in [0.05, 0.1) is 13.2 Å². The Morgan fingerprint density at radius 1 is 1.50 bits per heavy atom. The first-order chi connectivity index (χ1) is 8.78. The van der Waals surface area contributed by atoms with E-state index in [9.17, 15) is 0 Å². The smallest absolute Gasteiger partial charge is 0.131 e. The van der Waals surface area contributed by atoms with Gasteiger partial charge in [0.1, 0.15) is 16.3 Å². The van der Waals surface area contributed by atoms with E-state index in [1.807, 2.05) is 6.07 Å². The first-order valence-corrected chi connectivity index (χ1v) is 6.83. The molecule has 0 unspecified atom stereocenters. The molecule has 1 aromatic rings. The molecule has 0 amide bonds. The van der Waals surface area contributed by atoms with E-state index in [0.29, 0.717) is 4.64 Å². The van der Waals surface area contributed by atoms with Crippen molar-refractivity contribution in [2.75, 3.05) is 44.7 Å². The van der Waals surface area contributed by atoms with E-state index in [-0.39, 0.29) is 0 Å². The van der Waals surface area contributed by atoms with Crippen molar-refractivity contribution in [3.8, 4) is 0 Å². The summed E-state index contributed by atoms with van der Waals surface area (Å²) in [6.07, 6.45) is 0.864. The molecule has 2 heterocycles. The fraction of sp³-hybridized carbons (Fsp3) is 0.667. The Hall–Kier alpha value is -0.980. The van der Waals surface area contributed by atoms with Crippen LogP contribution in [0.4, 0.5) is 5.82 Å². The van der Waals surface area contributed by atoms with Crippen molar-refractivity contribution in [3.63, 3.8) is 0 Å². The lowest BCUT2D eigenvalue weighted by atomic mass is 10.4. The third-order valence-corrected chi connectivity index (χ3v) is 3.18. The molecule has 0 aromatic carbocycles. The predicted octanol–water partition coefficient (Wildman–Crippen LogP) is 1.45. The van der Waals surface area contributed by atoms with Gasteiger partial charge in [-0.2, -0.15) is 0 Å². The van der Waals surface area contributed by atoms with Gasteiger partial charge in [-0.3, -0.25) is 4.90 Å². The number of aromatic amines is 1. The van der Waals surface area contributed by atoms with Crippen LogP contribution in [0.15, 0.2) is 6.07 Å². The monoisotopic (exact) mass is 268 g/mol. The van der Waals surface area contributed by atoms with Crippen LogP contribution in [0.2, 0.25) is 0 Å². The number of morpholine rings is 1. The summed E-state index contributed by atoms with van der Waals surface area (Å²) in [6.45, 7) is 7.72. The molecule has 2 N–H and O–H groups in total. The van der Waals surface area contributed by atoms with Gasteiger partial charge in [-0.05, 0) is 0 Å². The average molecular weight is 268 g/mol. The number of H-pyrrole nitrogens is 1. The molecule has 0 saturated carbocycles. The largest absolute Gasteiger partial charge is 0.379 e. The number of nitrogens with one attached hydrogen (secondary N) is 2. The molecular weight excluding hydrogens is 248 g/mol. The predicted molar refractivity (Wildman–Crippen MR) is 74.5 cm³/mol. The van der Waals surface area contributed by atoms with Crippen LogP contribution >= 0.6 is 12.2 Å². The summed E-state index contributed by atoms with van der Waals surface area (Å²) in [4.78, 5) is 9.88. The van der Waals surface area contributed by atoms with E-state index in [1.54, 1.807) is 0 Å². The van der Waals surface area contributed by atoms with E-state index in [4.69, 9.17) is 17.0 Å². The molecule has 0 aliphatic carbocycles. The van der Waals surface area contributed by atoms with Gasteiger partial charge >= 0.3 is 0 Å². The Kier molecular flexibility index (Phi) is 5.10. The lowest BCUT2D eigenvalue weighted by molar-refractivity contribution is 0.0398. The van der Waals surface area contributed by atoms with Crippen LogP contribution in [0.5, 0.6) is 0 Å². The molecule has 18 heavy (non-hydrogen) atoms. The Bertz CT molecular complexity index is 428. The van der Waals surface area contributed by atoms with E-state index >= 15 is 0 Å². The van der Waals surface area contributed by atoms with E-state index in [0.717, 1.165) is 57.5 Å². The summed E-state index contributed by atoms with van der Waals surface area (Å²) in [5.41, 5.74) is 0. The number of anilines is 1. The zero-order valence-electron chi connectivity index (χ0n) is 10.7. The molecule has 100 valence electrons. The maximum atomic E-state index is 5.32. The molecule has 0 spiro atoms. The Morgan fingerprint density at radius 3 is 3.00 bits per heavy atom. The molecular formula is C12H20N4OS. The van der Waals surface area contributed by atoms with Crippen LogP contribution in [0.25, 0.3) is 0 Å². The van der Waals surface area contributed by atoms with Gasteiger partial charge in [-0.1, -0.05) is 19.1 Å². The molecule has 0 atom stereocenters. The van der Waals surface area contributed by atoms with Crippen LogP contribution in [-0.4, -0.2) is 54.3 Å². The van der Waals surface area contributed by atoms with Crippen LogP contribution in [-0.2, 0) is 11.2 Å². The van der Waals surface area contributed by atoms with Gasteiger partial charge in [-0.25, -0.2) is 4.98 Å². The fourth-order valence-corrected chi connectivity index (χ4v) is 2.17. The van der Waals surface area contributed by atoms with Gasteiger partial charge in [0.15, 0.2) is 0 Å². The maximum Gasteiger partial charge on any atom is 0.131 e. The van der Waals surface area contributed by atoms with Gasteiger partial charge in [0.25, 0.3) is 0 Å². The van der Waals surface area contributed by atoms with Crippen molar-refractivity contribution in [2.24, 2.45) is 0 Å². The molecule has 5 nitrogen and oxygen atoms in total. The SMILES string of the molecule is CCc1nc(=S)cc(NCCN2CCOCC2)[nH]1. The summed E-state index contributed by atoms with van der Waals surface area (Å²) in [5.74, 6) is 1.89. The number of rotatable bonds is 5. The summed E-state index contributed by atoms with van der Waals surface area (Å²) in [5, 5.41) is 3.36. The van der Waals surface area contributed by atoms with Gasteiger partial charge < -0.3 is 15.0 Å².